The minimum absolute atomic E-state index is 0.0765. The van der Waals surface area contributed by atoms with Crippen molar-refractivity contribution in [2.45, 2.75) is 27.2 Å². The highest BCUT2D eigenvalue weighted by Gasteiger charge is 2.20. The molecule has 20 heavy (non-hydrogen) atoms. The summed E-state index contributed by atoms with van der Waals surface area (Å²) in [4.78, 5) is 17.8. The lowest BCUT2D eigenvalue weighted by Gasteiger charge is -2.20. The van der Waals surface area contributed by atoms with Gasteiger partial charge in [-0.3, -0.25) is 14.7 Å². The first-order valence-electron chi connectivity index (χ1n) is 6.66. The average molecular weight is 290 g/mol. The Kier molecular flexibility index (Phi) is 4.79. The van der Waals surface area contributed by atoms with Gasteiger partial charge in [0.15, 0.2) is 5.01 Å². The molecule has 0 atom stereocenters. The van der Waals surface area contributed by atoms with Crippen molar-refractivity contribution < 1.29 is 4.79 Å². The molecule has 2 aromatic rings. The Balaban J connectivity index is 2.27. The normalized spacial score (nSPS) is 10.8. The maximum Gasteiger partial charge on any atom is 0.228 e. The van der Waals surface area contributed by atoms with Crippen molar-refractivity contribution in [2.75, 3.05) is 11.4 Å². The molecule has 0 N–H and O–H groups in total. The Labute approximate surface area is 122 Å². The molecule has 0 aliphatic heterocycles. The molecule has 0 unspecified atom stereocenters. The van der Waals surface area contributed by atoms with E-state index < -0.39 is 0 Å². The molecule has 0 aliphatic rings. The molecule has 0 spiro atoms. The third-order valence-electron chi connectivity index (χ3n) is 2.70. The van der Waals surface area contributed by atoms with Gasteiger partial charge in [0.2, 0.25) is 11.0 Å². The van der Waals surface area contributed by atoms with E-state index in [-0.39, 0.29) is 5.91 Å². The van der Waals surface area contributed by atoms with E-state index in [9.17, 15) is 4.79 Å². The average Bonchev–Trinajstić information content (AvgIpc) is 2.94. The monoisotopic (exact) mass is 290 g/mol. The molecule has 5 nitrogen and oxygen atoms in total. The summed E-state index contributed by atoms with van der Waals surface area (Å²) < 4.78 is 0. The minimum atomic E-state index is 0.0765. The number of nitrogens with zero attached hydrogens (tertiary/aromatic N) is 4. The van der Waals surface area contributed by atoms with E-state index in [1.54, 1.807) is 17.3 Å². The van der Waals surface area contributed by atoms with Crippen molar-refractivity contribution in [3.05, 3.63) is 24.5 Å². The molecule has 106 valence electrons. The van der Waals surface area contributed by atoms with Crippen LogP contribution in [0.1, 0.15) is 27.2 Å². The second kappa shape index (κ2) is 6.56. The fourth-order valence-corrected chi connectivity index (χ4v) is 2.63. The first-order chi connectivity index (χ1) is 9.61. The van der Waals surface area contributed by atoms with Crippen LogP contribution in [0.15, 0.2) is 24.5 Å². The maximum atomic E-state index is 12.0. The van der Waals surface area contributed by atoms with Crippen molar-refractivity contribution in [1.82, 2.24) is 15.2 Å². The zero-order valence-electron chi connectivity index (χ0n) is 11.9. The lowest BCUT2D eigenvalue weighted by atomic mass is 10.2. The molecule has 2 heterocycles. The number of hydrogen-bond donors (Lipinski definition) is 0. The van der Waals surface area contributed by atoms with Gasteiger partial charge in [0.25, 0.3) is 0 Å². The fraction of sp³-hybridized carbons (Fsp3) is 0.429. The highest BCUT2D eigenvalue weighted by molar-refractivity contribution is 7.18. The van der Waals surface area contributed by atoms with Crippen LogP contribution >= 0.6 is 11.3 Å². The Morgan fingerprint density at radius 3 is 2.80 bits per heavy atom. The van der Waals surface area contributed by atoms with E-state index in [4.69, 9.17) is 0 Å². The van der Waals surface area contributed by atoms with Crippen molar-refractivity contribution in [2.24, 2.45) is 5.92 Å². The van der Waals surface area contributed by atoms with Crippen LogP contribution in [0.4, 0.5) is 5.13 Å². The van der Waals surface area contributed by atoms with E-state index in [1.165, 1.54) is 11.3 Å². The largest absolute Gasteiger partial charge is 0.286 e. The van der Waals surface area contributed by atoms with Gasteiger partial charge in [0.1, 0.15) is 0 Å². The first kappa shape index (κ1) is 14.6. The number of anilines is 1. The van der Waals surface area contributed by atoms with Crippen LogP contribution in [-0.4, -0.2) is 27.6 Å². The number of carbonyl (C=O) groups excluding carboxylic acids is 1. The second-order valence-corrected chi connectivity index (χ2v) is 5.84. The van der Waals surface area contributed by atoms with Gasteiger partial charge in [-0.2, -0.15) is 0 Å². The molecule has 2 rings (SSSR count). The van der Waals surface area contributed by atoms with Gasteiger partial charge >= 0.3 is 0 Å². The Morgan fingerprint density at radius 2 is 2.20 bits per heavy atom. The van der Waals surface area contributed by atoms with Crippen LogP contribution in [0.5, 0.6) is 0 Å². The van der Waals surface area contributed by atoms with E-state index in [0.29, 0.717) is 24.0 Å². The van der Waals surface area contributed by atoms with E-state index in [0.717, 1.165) is 10.6 Å². The lowest BCUT2D eigenvalue weighted by molar-refractivity contribution is -0.118. The van der Waals surface area contributed by atoms with Gasteiger partial charge in [-0.15, -0.1) is 10.2 Å². The Bertz CT molecular complexity index is 568. The molecule has 0 fully saturated rings. The molecule has 2 aromatic heterocycles. The maximum absolute atomic E-state index is 12.0. The number of hydrogen-bond acceptors (Lipinski definition) is 5. The van der Waals surface area contributed by atoms with Gasteiger partial charge in [-0.05, 0) is 18.1 Å². The van der Waals surface area contributed by atoms with Crippen LogP contribution in [0.2, 0.25) is 0 Å². The topological polar surface area (TPSA) is 59.0 Å². The van der Waals surface area contributed by atoms with Gasteiger partial charge in [-0.1, -0.05) is 32.1 Å². The molecular weight excluding hydrogens is 272 g/mol. The summed E-state index contributed by atoms with van der Waals surface area (Å²) in [6.07, 6.45) is 3.93. The molecule has 0 radical (unpaired) electrons. The summed E-state index contributed by atoms with van der Waals surface area (Å²) in [7, 11) is 0. The first-order valence-corrected chi connectivity index (χ1v) is 7.47. The van der Waals surface area contributed by atoms with Crippen LogP contribution in [-0.2, 0) is 4.79 Å². The van der Waals surface area contributed by atoms with Crippen molar-refractivity contribution in [3.8, 4) is 10.6 Å². The standard InChI is InChI=1S/C14H18N4OS/c1-4-12(19)18(9-10(2)3)14-17-16-13(20-14)11-6-5-7-15-8-11/h5-8,10H,4,9H2,1-3H3. The van der Waals surface area contributed by atoms with E-state index >= 15 is 0 Å². The third-order valence-corrected chi connectivity index (χ3v) is 3.70. The van der Waals surface area contributed by atoms with Crippen molar-refractivity contribution in [3.63, 3.8) is 0 Å². The fourth-order valence-electron chi connectivity index (χ4n) is 1.77. The number of rotatable bonds is 5. The molecule has 6 heteroatoms. The Hall–Kier alpha value is -1.82. The summed E-state index contributed by atoms with van der Waals surface area (Å²) >= 11 is 1.42. The summed E-state index contributed by atoms with van der Waals surface area (Å²) in [6, 6.07) is 3.80. The highest BCUT2D eigenvalue weighted by atomic mass is 32.1. The van der Waals surface area contributed by atoms with Crippen molar-refractivity contribution >= 4 is 22.4 Å². The molecule has 0 bridgehead atoms. The smallest absolute Gasteiger partial charge is 0.228 e. The van der Waals surface area contributed by atoms with Crippen LogP contribution in [0, 0.1) is 5.92 Å². The zero-order chi connectivity index (χ0) is 14.5. The Morgan fingerprint density at radius 1 is 1.40 bits per heavy atom. The van der Waals surface area contributed by atoms with Crippen LogP contribution in [0.25, 0.3) is 10.6 Å². The summed E-state index contributed by atoms with van der Waals surface area (Å²) in [5.74, 6) is 0.462. The molecule has 1 amide bonds. The molecule has 0 aromatic carbocycles. The molecule has 0 aliphatic carbocycles. The van der Waals surface area contributed by atoms with Crippen LogP contribution in [0.3, 0.4) is 0 Å². The number of amides is 1. The second-order valence-electron chi connectivity index (χ2n) is 4.88. The predicted molar refractivity (Wildman–Crippen MR) is 80.6 cm³/mol. The highest BCUT2D eigenvalue weighted by Crippen LogP contribution is 2.28. The molecule has 0 saturated heterocycles. The number of pyridine rings is 1. The lowest BCUT2D eigenvalue weighted by Crippen LogP contribution is -2.33. The van der Waals surface area contributed by atoms with E-state index in [1.807, 2.05) is 19.1 Å². The van der Waals surface area contributed by atoms with Crippen LogP contribution < -0.4 is 4.90 Å². The predicted octanol–water partition coefficient (Wildman–Crippen LogP) is 3.00. The summed E-state index contributed by atoms with van der Waals surface area (Å²) in [5, 5.41) is 9.77. The van der Waals surface area contributed by atoms with E-state index in [2.05, 4.69) is 29.0 Å². The van der Waals surface area contributed by atoms with Crippen molar-refractivity contribution in [1.29, 1.82) is 0 Å². The third kappa shape index (κ3) is 3.39. The zero-order valence-corrected chi connectivity index (χ0v) is 12.7. The van der Waals surface area contributed by atoms with Gasteiger partial charge in [0, 0.05) is 30.9 Å². The summed E-state index contributed by atoms with van der Waals surface area (Å²) in [5.41, 5.74) is 0.921. The molecule has 0 saturated carbocycles. The van der Waals surface area contributed by atoms with Gasteiger partial charge in [0.05, 0.1) is 0 Å². The quantitative estimate of drug-likeness (QED) is 0.849. The number of carbonyl (C=O) groups is 1. The SMILES string of the molecule is CCC(=O)N(CC(C)C)c1nnc(-c2cccnc2)s1. The van der Waals surface area contributed by atoms with Gasteiger partial charge < -0.3 is 0 Å². The summed E-state index contributed by atoms with van der Waals surface area (Å²) in [6.45, 7) is 6.69. The van der Waals surface area contributed by atoms with Gasteiger partial charge in [-0.25, -0.2) is 0 Å². The minimum Gasteiger partial charge on any atom is -0.286 e. The molecular formula is C14H18N4OS. The number of aromatic nitrogens is 3.